The maximum Gasteiger partial charge on any atom is 0.322 e. The second-order valence-electron chi connectivity index (χ2n) is 8.98. The third-order valence-corrected chi connectivity index (χ3v) is 7.50. The monoisotopic (exact) mass is 485 g/mol. The summed E-state index contributed by atoms with van der Waals surface area (Å²) in [6.07, 6.45) is 3.94. The maximum atomic E-state index is 12.5. The lowest BCUT2D eigenvalue weighted by molar-refractivity contribution is 0.206. The Labute approximate surface area is 206 Å². The number of aliphatic imine (C=N–C) groups is 1. The number of nitrogens with zero attached hydrogens (tertiary/aromatic N) is 3. The van der Waals surface area contributed by atoms with Crippen molar-refractivity contribution in [1.29, 1.82) is 5.26 Å². The van der Waals surface area contributed by atoms with Crippen molar-refractivity contribution in [3.8, 4) is 6.07 Å². The Balaban J connectivity index is 1.28. The first-order chi connectivity index (χ1) is 17.0. The van der Waals surface area contributed by atoms with Crippen molar-refractivity contribution in [2.45, 2.75) is 31.8 Å². The van der Waals surface area contributed by atoms with Crippen LogP contribution in [-0.2, 0) is 23.2 Å². The summed E-state index contributed by atoms with van der Waals surface area (Å²) in [7, 11) is -3.70. The molecule has 5 rings (SSSR count). The standard InChI is InChI=1S/C27H27N5O2S/c28-18-22-7-1-2-8-23(22)19-32-14-12-24(13-15-32)29-27-17-25(30-35(33,34)31-27)16-21-10-5-9-20-6-3-4-11-26(20)21/h1-11,17,24,30H,12-16,19H2,(H,29,31). The SMILES string of the molecule is N#Cc1ccccc1CN1CCC(N=C2C=C(Cc3cccc4ccccc34)NS(=O)(=O)N2)CC1. The number of hydrogen-bond acceptors (Lipinski definition) is 5. The third-order valence-electron chi connectivity index (χ3n) is 6.49. The number of piperidine rings is 1. The fourth-order valence-electron chi connectivity index (χ4n) is 4.77. The van der Waals surface area contributed by atoms with Gasteiger partial charge in [0.25, 0.3) is 0 Å². The summed E-state index contributed by atoms with van der Waals surface area (Å²) in [5.41, 5.74) is 3.41. The molecule has 0 unspecified atom stereocenters. The Morgan fingerprint density at radius 1 is 0.943 bits per heavy atom. The number of benzene rings is 3. The number of nitrogens with one attached hydrogen (secondary N) is 2. The molecule has 2 N–H and O–H groups in total. The fraction of sp³-hybridized carbons (Fsp3) is 0.259. The van der Waals surface area contributed by atoms with E-state index < -0.39 is 10.2 Å². The maximum absolute atomic E-state index is 12.5. The Kier molecular flexibility index (Phi) is 6.53. The minimum absolute atomic E-state index is 0.0447. The number of hydrogen-bond donors (Lipinski definition) is 2. The van der Waals surface area contributed by atoms with E-state index in [0.29, 0.717) is 23.5 Å². The first-order valence-corrected chi connectivity index (χ1v) is 13.2. The minimum Gasteiger partial charge on any atom is -0.299 e. The van der Waals surface area contributed by atoms with Gasteiger partial charge in [0.2, 0.25) is 0 Å². The van der Waals surface area contributed by atoms with E-state index in [1.165, 1.54) is 0 Å². The zero-order valence-corrected chi connectivity index (χ0v) is 20.1. The molecule has 178 valence electrons. The van der Waals surface area contributed by atoms with Crippen LogP contribution in [0, 0.1) is 11.3 Å². The van der Waals surface area contributed by atoms with Crippen molar-refractivity contribution < 1.29 is 8.42 Å². The lowest BCUT2D eigenvalue weighted by Gasteiger charge is -2.31. The van der Waals surface area contributed by atoms with E-state index in [0.717, 1.165) is 54.4 Å². The van der Waals surface area contributed by atoms with Gasteiger partial charge in [-0.3, -0.25) is 19.3 Å². The Hall–Kier alpha value is -3.67. The van der Waals surface area contributed by atoms with Crippen molar-refractivity contribution in [3.63, 3.8) is 0 Å². The van der Waals surface area contributed by atoms with Gasteiger partial charge in [-0.2, -0.15) is 13.7 Å². The lowest BCUT2D eigenvalue weighted by atomic mass is 10.0. The molecule has 2 heterocycles. The zero-order chi connectivity index (χ0) is 24.3. The van der Waals surface area contributed by atoms with Crippen molar-refractivity contribution in [2.24, 2.45) is 4.99 Å². The molecule has 0 atom stereocenters. The third kappa shape index (κ3) is 5.53. The first-order valence-electron chi connectivity index (χ1n) is 11.7. The first kappa shape index (κ1) is 23.1. The molecule has 1 fully saturated rings. The van der Waals surface area contributed by atoms with Crippen LogP contribution in [0.1, 0.15) is 29.5 Å². The second kappa shape index (κ2) is 9.90. The fourth-order valence-corrected chi connectivity index (χ4v) is 5.69. The quantitative estimate of drug-likeness (QED) is 0.577. The summed E-state index contributed by atoms with van der Waals surface area (Å²) in [5.74, 6) is 0.382. The average molecular weight is 486 g/mol. The molecule has 35 heavy (non-hydrogen) atoms. The Morgan fingerprint density at radius 2 is 1.66 bits per heavy atom. The van der Waals surface area contributed by atoms with Crippen LogP contribution in [0.15, 0.2) is 83.5 Å². The van der Waals surface area contributed by atoms with Crippen LogP contribution in [0.4, 0.5) is 0 Å². The molecule has 0 aliphatic carbocycles. The number of likely N-dealkylation sites (tertiary alicyclic amines) is 1. The summed E-state index contributed by atoms with van der Waals surface area (Å²) >= 11 is 0. The van der Waals surface area contributed by atoms with E-state index >= 15 is 0 Å². The van der Waals surface area contributed by atoms with Gasteiger partial charge in [0.15, 0.2) is 0 Å². The average Bonchev–Trinajstić information content (AvgIpc) is 2.85. The molecular formula is C27H27N5O2S. The summed E-state index contributed by atoms with van der Waals surface area (Å²) in [5, 5.41) is 11.6. The van der Waals surface area contributed by atoms with Crippen molar-refractivity contribution in [3.05, 3.63) is 95.2 Å². The number of fused-ring (bicyclic) bond motifs is 1. The predicted octanol–water partition coefficient (Wildman–Crippen LogP) is 3.64. The molecule has 0 aromatic heterocycles. The smallest absolute Gasteiger partial charge is 0.299 e. The molecular weight excluding hydrogens is 458 g/mol. The van der Waals surface area contributed by atoms with Crippen LogP contribution in [-0.4, -0.2) is 38.3 Å². The molecule has 2 aliphatic rings. The number of rotatable bonds is 5. The van der Waals surface area contributed by atoms with Crippen LogP contribution >= 0.6 is 0 Å². The zero-order valence-electron chi connectivity index (χ0n) is 19.3. The molecule has 0 amide bonds. The van der Waals surface area contributed by atoms with E-state index in [1.807, 2.05) is 48.5 Å². The molecule has 0 spiro atoms. The van der Waals surface area contributed by atoms with Gasteiger partial charge in [0.1, 0.15) is 5.84 Å². The predicted molar refractivity (Wildman–Crippen MR) is 138 cm³/mol. The topological polar surface area (TPSA) is 97.6 Å². The number of amidine groups is 1. The van der Waals surface area contributed by atoms with Crippen molar-refractivity contribution in [2.75, 3.05) is 13.1 Å². The number of allylic oxidation sites excluding steroid dienone is 1. The highest BCUT2D eigenvalue weighted by Crippen LogP contribution is 2.22. The van der Waals surface area contributed by atoms with E-state index in [1.54, 1.807) is 6.08 Å². The van der Waals surface area contributed by atoms with E-state index in [9.17, 15) is 13.7 Å². The van der Waals surface area contributed by atoms with Gasteiger partial charge in [-0.05, 0) is 40.8 Å². The summed E-state index contributed by atoms with van der Waals surface area (Å²) in [6.45, 7) is 2.43. The van der Waals surface area contributed by atoms with E-state index in [-0.39, 0.29) is 6.04 Å². The van der Waals surface area contributed by atoms with Gasteiger partial charge < -0.3 is 0 Å². The van der Waals surface area contributed by atoms with Gasteiger partial charge in [-0.1, -0.05) is 60.7 Å². The second-order valence-corrected chi connectivity index (χ2v) is 10.4. The van der Waals surface area contributed by atoms with Gasteiger partial charge in [0, 0.05) is 37.8 Å². The van der Waals surface area contributed by atoms with E-state index in [2.05, 4.69) is 38.6 Å². The molecule has 1 saturated heterocycles. The normalized spacial score (nSPS) is 19.5. The van der Waals surface area contributed by atoms with Crippen LogP contribution in [0.3, 0.4) is 0 Å². The largest absolute Gasteiger partial charge is 0.322 e. The summed E-state index contributed by atoms with van der Waals surface area (Å²) < 4.78 is 30.2. The Bertz CT molecular complexity index is 1440. The van der Waals surface area contributed by atoms with Gasteiger partial charge in [-0.15, -0.1) is 0 Å². The van der Waals surface area contributed by atoms with E-state index in [4.69, 9.17) is 4.99 Å². The lowest BCUT2D eigenvalue weighted by Crippen LogP contribution is -2.45. The van der Waals surface area contributed by atoms with Crippen molar-refractivity contribution >= 4 is 26.8 Å². The Morgan fingerprint density at radius 3 is 2.49 bits per heavy atom. The highest BCUT2D eigenvalue weighted by atomic mass is 32.2. The van der Waals surface area contributed by atoms with Crippen LogP contribution in [0.5, 0.6) is 0 Å². The molecule has 7 nitrogen and oxygen atoms in total. The molecule has 0 radical (unpaired) electrons. The molecule has 3 aromatic carbocycles. The molecule has 3 aromatic rings. The van der Waals surface area contributed by atoms with Crippen molar-refractivity contribution in [1.82, 2.24) is 14.3 Å². The summed E-state index contributed by atoms with van der Waals surface area (Å²) in [6, 6.07) is 24.2. The van der Waals surface area contributed by atoms with Gasteiger partial charge >= 0.3 is 10.2 Å². The van der Waals surface area contributed by atoms with Crippen LogP contribution < -0.4 is 9.44 Å². The highest BCUT2D eigenvalue weighted by Gasteiger charge is 2.24. The highest BCUT2D eigenvalue weighted by molar-refractivity contribution is 7.88. The van der Waals surface area contributed by atoms with Crippen LogP contribution in [0.25, 0.3) is 10.8 Å². The molecule has 0 saturated carbocycles. The minimum atomic E-state index is -3.70. The molecule has 2 aliphatic heterocycles. The number of nitriles is 1. The molecule has 0 bridgehead atoms. The summed E-state index contributed by atoms with van der Waals surface area (Å²) in [4.78, 5) is 7.07. The molecule has 8 heteroatoms. The van der Waals surface area contributed by atoms with Gasteiger partial charge in [-0.25, -0.2) is 0 Å². The van der Waals surface area contributed by atoms with Crippen LogP contribution in [0.2, 0.25) is 0 Å². The van der Waals surface area contributed by atoms with Gasteiger partial charge in [0.05, 0.1) is 17.7 Å².